The van der Waals surface area contributed by atoms with Crippen molar-refractivity contribution in [1.29, 1.82) is 0 Å². The summed E-state index contributed by atoms with van der Waals surface area (Å²) in [6, 6.07) is 0.0379. The number of carbonyl (C=O) groups is 8. The standard InChI is InChI=1S/C34H50N10O9S2/c35-10-4-3-8-22(41-30(49)20(36)16-54)31(50)39-15-27(45)40-23(13-28(46)47)32(51)42-24(12-18-14-38-21-7-2-1-6-19(18)21)34(53)44-11-5-9-26(44)33(52)43-25(17-55)29(37)48/h1-2,6-7,14,20,22-26,38,54-55H,3-5,8-13,15-17,35-36H2,(H2,37,48)(H,39,50)(H,40,45)(H,41,49)(H,42,51)(H,43,52)(H,46,47)/t20-,22-,23-,24-,25-,26-/m0/s1. The van der Waals surface area contributed by atoms with Gasteiger partial charge in [-0.2, -0.15) is 25.3 Å². The summed E-state index contributed by atoms with van der Waals surface area (Å²) in [6.45, 7) is -0.197. The molecule has 19 nitrogen and oxygen atoms in total. The first-order valence-corrected chi connectivity index (χ1v) is 19.0. The minimum absolute atomic E-state index is 0.0222. The molecule has 1 aromatic carbocycles. The van der Waals surface area contributed by atoms with E-state index in [0.29, 0.717) is 31.4 Å². The predicted octanol–water partition coefficient (Wildman–Crippen LogP) is -2.97. The normalized spacial score (nSPS) is 16.6. The third-order valence-electron chi connectivity index (χ3n) is 8.96. The fourth-order valence-electron chi connectivity index (χ4n) is 6.01. The summed E-state index contributed by atoms with van der Waals surface area (Å²) in [6.07, 6.45) is 2.60. The molecule has 7 amide bonds. The summed E-state index contributed by atoms with van der Waals surface area (Å²) in [7, 11) is 0. The summed E-state index contributed by atoms with van der Waals surface area (Å²) in [5, 5.41) is 22.7. The van der Waals surface area contributed by atoms with Crippen LogP contribution in [0.5, 0.6) is 0 Å². The molecule has 0 radical (unpaired) electrons. The molecule has 1 aliphatic rings. The van der Waals surface area contributed by atoms with Crippen LogP contribution in [0.4, 0.5) is 0 Å². The summed E-state index contributed by atoms with van der Waals surface area (Å²) in [5.41, 5.74) is 18.0. The quantitative estimate of drug-likeness (QED) is 0.0421. The van der Waals surface area contributed by atoms with Crippen molar-refractivity contribution in [1.82, 2.24) is 36.5 Å². The number of hydrogen-bond donors (Lipinski definition) is 12. The van der Waals surface area contributed by atoms with E-state index in [2.05, 4.69) is 56.8 Å². The maximum atomic E-state index is 14.2. The Morgan fingerprint density at radius 1 is 0.891 bits per heavy atom. The van der Waals surface area contributed by atoms with Gasteiger partial charge in [0.05, 0.1) is 19.0 Å². The molecule has 1 aliphatic heterocycles. The van der Waals surface area contributed by atoms with Crippen molar-refractivity contribution < 1.29 is 43.5 Å². The van der Waals surface area contributed by atoms with E-state index in [0.717, 1.165) is 10.9 Å². The number of aromatic nitrogens is 1. The molecule has 0 saturated carbocycles. The molecule has 1 fully saturated rings. The molecular formula is C34H50N10O9S2. The number of thiol groups is 2. The van der Waals surface area contributed by atoms with Crippen molar-refractivity contribution in [3.05, 3.63) is 36.0 Å². The van der Waals surface area contributed by atoms with Crippen LogP contribution in [-0.4, -0.2) is 130 Å². The lowest BCUT2D eigenvalue weighted by atomic mass is 10.0. The van der Waals surface area contributed by atoms with Gasteiger partial charge >= 0.3 is 5.97 Å². The van der Waals surface area contributed by atoms with Gasteiger partial charge in [0.25, 0.3) is 0 Å². The molecule has 13 N–H and O–H groups in total. The van der Waals surface area contributed by atoms with Gasteiger partial charge in [0.2, 0.25) is 41.4 Å². The van der Waals surface area contributed by atoms with Crippen molar-refractivity contribution in [2.45, 2.75) is 81.2 Å². The summed E-state index contributed by atoms with van der Waals surface area (Å²) >= 11 is 8.05. The number of rotatable bonds is 22. The van der Waals surface area contributed by atoms with Gasteiger partial charge in [-0.05, 0) is 50.3 Å². The number of aliphatic carboxylic acids is 1. The van der Waals surface area contributed by atoms with Gasteiger partial charge in [-0.25, -0.2) is 0 Å². The average molecular weight is 807 g/mol. The lowest BCUT2D eigenvalue weighted by Crippen LogP contribution is -2.59. The molecular weight excluding hydrogens is 757 g/mol. The number of aromatic amines is 1. The Morgan fingerprint density at radius 2 is 1.60 bits per heavy atom. The van der Waals surface area contributed by atoms with Crippen LogP contribution in [0.15, 0.2) is 30.5 Å². The first kappa shape index (κ1) is 44.5. The summed E-state index contributed by atoms with van der Waals surface area (Å²) < 4.78 is 0. The molecule has 1 aromatic heterocycles. The number of primary amides is 1. The Morgan fingerprint density at radius 3 is 2.25 bits per heavy atom. The Labute approximate surface area is 328 Å². The highest BCUT2D eigenvalue weighted by Crippen LogP contribution is 2.23. The fourth-order valence-corrected chi connectivity index (χ4v) is 6.45. The number of nitrogens with zero attached hydrogens (tertiary/aromatic N) is 1. The van der Waals surface area contributed by atoms with E-state index in [1.165, 1.54) is 4.90 Å². The number of nitrogens with two attached hydrogens (primary N) is 3. The number of likely N-dealkylation sites (tertiary alicyclic amines) is 1. The number of nitrogens with one attached hydrogen (secondary N) is 6. The first-order chi connectivity index (χ1) is 26.2. The van der Waals surface area contributed by atoms with E-state index in [4.69, 9.17) is 17.2 Å². The Kier molecular flexibility index (Phi) is 17.7. The zero-order valence-electron chi connectivity index (χ0n) is 30.1. The Balaban J connectivity index is 1.80. The van der Waals surface area contributed by atoms with E-state index in [1.54, 1.807) is 12.3 Å². The minimum atomic E-state index is -1.70. The van der Waals surface area contributed by atoms with Crippen LogP contribution in [-0.2, 0) is 44.8 Å². The highest BCUT2D eigenvalue weighted by Gasteiger charge is 2.40. The van der Waals surface area contributed by atoms with Gasteiger partial charge in [0.1, 0.15) is 30.2 Å². The summed E-state index contributed by atoms with van der Waals surface area (Å²) in [4.78, 5) is 108. The van der Waals surface area contributed by atoms with Gasteiger partial charge in [-0.1, -0.05) is 18.2 Å². The zero-order valence-corrected chi connectivity index (χ0v) is 31.9. The maximum Gasteiger partial charge on any atom is 0.305 e. The number of H-pyrrole nitrogens is 1. The number of amides is 7. The maximum absolute atomic E-state index is 14.2. The second kappa shape index (κ2) is 21.9. The molecule has 0 spiro atoms. The van der Waals surface area contributed by atoms with Crippen LogP contribution in [0.25, 0.3) is 10.9 Å². The van der Waals surface area contributed by atoms with Crippen molar-refractivity contribution >= 4 is 83.5 Å². The minimum Gasteiger partial charge on any atom is -0.481 e. The second-order valence-corrected chi connectivity index (χ2v) is 13.8. The van der Waals surface area contributed by atoms with Gasteiger partial charge in [-0.3, -0.25) is 38.4 Å². The van der Waals surface area contributed by atoms with E-state index in [1.807, 2.05) is 18.2 Å². The number of hydrogen-bond acceptors (Lipinski definition) is 12. The molecule has 6 atom stereocenters. The van der Waals surface area contributed by atoms with E-state index < -0.39 is 96.5 Å². The lowest BCUT2D eigenvalue weighted by molar-refractivity contribution is -0.143. The molecule has 0 aliphatic carbocycles. The Bertz CT molecular complexity index is 1710. The molecule has 0 bridgehead atoms. The first-order valence-electron chi connectivity index (χ1n) is 17.7. The van der Waals surface area contributed by atoms with E-state index >= 15 is 0 Å². The number of carboxylic acids is 1. The smallest absolute Gasteiger partial charge is 0.305 e. The number of benzene rings is 1. The molecule has 302 valence electrons. The molecule has 55 heavy (non-hydrogen) atoms. The lowest BCUT2D eigenvalue weighted by Gasteiger charge is -2.30. The number of unbranched alkanes of at least 4 members (excludes halogenated alkanes) is 1. The van der Waals surface area contributed by atoms with E-state index in [9.17, 15) is 43.5 Å². The van der Waals surface area contributed by atoms with Gasteiger partial charge < -0.3 is 58.8 Å². The fraction of sp³-hybridized carbons (Fsp3) is 0.529. The number of carbonyl (C=O) groups excluding carboxylic acids is 7. The van der Waals surface area contributed by atoms with Crippen LogP contribution >= 0.6 is 25.3 Å². The predicted molar refractivity (Wildman–Crippen MR) is 208 cm³/mol. The van der Waals surface area contributed by atoms with Crippen LogP contribution in [0.2, 0.25) is 0 Å². The van der Waals surface area contributed by atoms with Gasteiger partial charge in [0.15, 0.2) is 0 Å². The monoisotopic (exact) mass is 806 g/mol. The second-order valence-electron chi connectivity index (χ2n) is 13.0. The largest absolute Gasteiger partial charge is 0.481 e. The number of para-hydroxylation sites is 1. The van der Waals surface area contributed by atoms with Crippen LogP contribution in [0.3, 0.4) is 0 Å². The van der Waals surface area contributed by atoms with Crippen LogP contribution in [0.1, 0.15) is 44.1 Å². The number of fused-ring (bicyclic) bond motifs is 1. The van der Waals surface area contributed by atoms with Gasteiger partial charge in [-0.15, -0.1) is 0 Å². The van der Waals surface area contributed by atoms with Crippen molar-refractivity contribution in [3.8, 4) is 0 Å². The van der Waals surface area contributed by atoms with Crippen LogP contribution in [0, 0.1) is 0 Å². The van der Waals surface area contributed by atoms with Gasteiger partial charge in [0, 0.05) is 41.6 Å². The topological polar surface area (TPSA) is 314 Å². The molecule has 1 saturated heterocycles. The van der Waals surface area contributed by atoms with Crippen molar-refractivity contribution in [2.75, 3.05) is 31.1 Å². The molecule has 3 rings (SSSR count). The average Bonchev–Trinajstić information content (AvgIpc) is 3.82. The highest BCUT2D eigenvalue weighted by atomic mass is 32.1. The molecule has 2 aromatic rings. The van der Waals surface area contributed by atoms with Crippen molar-refractivity contribution in [2.24, 2.45) is 17.2 Å². The SMILES string of the molecule is NCCCC[C@H](NC(=O)[C@@H](N)CS)C(=O)NCC(=O)N[C@@H](CC(=O)O)C(=O)N[C@@H](Cc1c[nH]c2ccccc12)C(=O)N1CCC[C@H]1C(=O)N[C@@H](CS)C(N)=O. The molecule has 2 heterocycles. The van der Waals surface area contributed by atoms with Crippen molar-refractivity contribution in [3.63, 3.8) is 0 Å². The third kappa shape index (κ3) is 13.1. The zero-order chi connectivity index (χ0) is 40.7. The number of carboxylic acid groups (broad SMARTS) is 1. The summed E-state index contributed by atoms with van der Waals surface area (Å²) in [5.74, 6) is -6.90. The Hall–Kier alpha value is -4.86. The molecule has 21 heteroatoms. The van der Waals surface area contributed by atoms with E-state index in [-0.39, 0.29) is 37.3 Å². The third-order valence-corrected chi connectivity index (χ3v) is 9.72. The molecule has 0 unspecified atom stereocenters. The van der Waals surface area contributed by atoms with Crippen LogP contribution < -0.4 is 43.8 Å². The highest BCUT2D eigenvalue weighted by molar-refractivity contribution is 7.80.